The van der Waals surface area contributed by atoms with E-state index in [1.807, 2.05) is 24.5 Å². The first-order chi connectivity index (χ1) is 20.3. The first-order valence-corrected chi connectivity index (χ1v) is 13.9. The molecule has 9 aromatic rings. The summed E-state index contributed by atoms with van der Waals surface area (Å²) >= 11 is 0. The fourth-order valence-electron chi connectivity index (χ4n) is 7.07. The van der Waals surface area contributed by atoms with Crippen molar-refractivity contribution in [1.82, 2.24) is 23.9 Å². The van der Waals surface area contributed by atoms with Crippen molar-refractivity contribution in [3.8, 4) is 16.8 Å². The predicted octanol–water partition coefficient (Wildman–Crippen LogP) is 8.25. The SMILES string of the molecule is c1ccc(-n2c3ccccc3c3cc4c(cc32)-c2cc3c5cccnc5n5c6cnccc6nc5c3cc2C4)cc1. The minimum absolute atomic E-state index is 0.903. The van der Waals surface area contributed by atoms with Gasteiger partial charge in [-0.15, -0.1) is 0 Å². The third kappa shape index (κ3) is 2.72. The Morgan fingerprint density at radius 3 is 2.29 bits per heavy atom. The van der Waals surface area contributed by atoms with Gasteiger partial charge in [-0.25, -0.2) is 9.97 Å². The molecule has 41 heavy (non-hydrogen) atoms. The summed E-state index contributed by atoms with van der Waals surface area (Å²) in [5.74, 6) is 0. The van der Waals surface area contributed by atoms with Gasteiger partial charge in [0.15, 0.2) is 0 Å². The van der Waals surface area contributed by atoms with Crippen LogP contribution in [-0.4, -0.2) is 23.9 Å². The molecule has 5 nitrogen and oxygen atoms in total. The maximum Gasteiger partial charge on any atom is 0.147 e. The molecule has 0 amide bonds. The predicted molar refractivity (Wildman–Crippen MR) is 166 cm³/mol. The van der Waals surface area contributed by atoms with Crippen LogP contribution in [0.1, 0.15) is 11.1 Å². The Morgan fingerprint density at radius 1 is 0.561 bits per heavy atom. The minimum Gasteiger partial charge on any atom is -0.309 e. The zero-order valence-electron chi connectivity index (χ0n) is 21.9. The third-order valence-electron chi connectivity index (χ3n) is 8.81. The fraction of sp³-hybridized carbons (Fsp3) is 0.0278. The highest BCUT2D eigenvalue weighted by atomic mass is 15.1. The van der Waals surface area contributed by atoms with Gasteiger partial charge in [0.05, 0.1) is 28.3 Å². The molecule has 0 N–H and O–H groups in total. The highest BCUT2D eigenvalue weighted by Gasteiger charge is 2.25. The maximum absolute atomic E-state index is 5.06. The summed E-state index contributed by atoms with van der Waals surface area (Å²) in [7, 11) is 0. The molecule has 0 saturated carbocycles. The number of hydrogen-bond acceptors (Lipinski definition) is 3. The van der Waals surface area contributed by atoms with E-state index in [0.29, 0.717) is 0 Å². The molecule has 10 rings (SSSR count). The first-order valence-electron chi connectivity index (χ1n) is 13.9. The van der Waals surface area contributed by atoms with Crippen molar-refractivity contribution in [1.29, 1.82) is 0 Å². The molecule has 0 bridgehead atoms. The molecule has 1 aliphatic carbocycles. The molecule has 0 fully saturated rings. The largest absolute Gasteiger partial charge is 0.309 e. The van der Waals surface area contributed by atoms with Crippen LogP contribution in [0.25, 0.3) is 77.1 Å². The third-order valence-corrected chi connectivity index (χ3v) is 8.81. The van der Waals surface area contributed by atoms with Crippen molar-refractivity contribution in [3.63, 3.8) is 0 Å². The molecule has 190 valence electrons. The minimum atomic E-state index is 0.903. The van der Waals surface area contributed by atoms with E-state index in [2.05, 4.69) is 98.9 Å². The molecule has 5 heteroatoms. The van der Waals surface area contributed by atoms with Gasteiger partial charge in [0.2, 0.25) is 0 Å². The van der Waals surface area contributed by atoms with Gasteiger partial charge in [0.1, 0.15) is 11.3 Å². The lowest BCUT2D eigenvalue weighted by Gasteiger charge is -2.11. The molecule has 0 atom stereocenters. The molecule has 0 saturated heterocycles. The standard InChI is InChI=1S/C36H21N5/c1-2-7-23(8-3-1)40-32-11-5-4-9-24(32)29-16-21-15-22-17-30-28(18-26(22)27(21)19-33(29)40)25-10-6-13-38-35(25)41-34-20-37-14-12-31(34)39-36(30)41/h1-14,16-20H,15H2. The Morgan fingerprint density at radius 2 is 1.37 bits per heavy atom. The molecular weight excluding hydrogens is 502 g/mol. The van der Waals surface area contributed by atoms with E-state index in [4.69, 9.17) is 9.97 Å². The Kier molecular flexibility index (Phi) is 3.92. The highest BCUT2D eigenvalue weighted by molar-refractivity contribution is 6.16. The molecular formula is C36H21N5. The van der Waals surface area contributed by atoms with Crippen molar-refractivity contribution in [2.75, 3.05) is 0 Å². The molecule has 0 radical (unpaired) electrons. The van der Waals surface area contributed by atoms with Crippen LogP contribution < -0.4 is 0 Å². The average molecular weight is 524 g/mol. The van der Waals surface area contributed by atoms with Crippen molar-refractivity contribution in [2.24, 2.45) is 0 Å². The quantitative estimate of drug-likeness (QED) is 0.204. The van der Waals surface area contributed by atoms with Gasteiger partial charge >= 0.3 is 0 Å². The first kappa shape index (κ1) is 21.3. The van der Waals surface area contributed by atoms with Crippen LogP contribution in [0.2, 0.25) is 0 Å². The lowest BCUT2D eigenvalue weighted by atomic mass is 9.98. The van der Waals surface area contributed by atoms with Gasteiger partial charge in [-0.2, -0.15) is 0 Å². The summed E-state index contributed by atoms with van der Waals surface area (Å²) in [6, 6.07) is 35.1. The summed E-state index contributed by atoms with van der Waals surface area (Å²) in [5, 5.41) is 6.03. The molecule has 0 spiro atoms. The van der Waals surface area contributed by atoms with Gasteiger partial charge < -0.3 is 4.57 Å². The summed E-state index contributed by atoms with van der Waals surface area (Å²) in [5.41, 5.74) is 12.7. The highest BCUT2D eigenvalue weighted by Crippen LogP contribution is 2.45. The van der Waals surface area contributed by atoms with Crippen molar-refractivity contribution in [3.05, 3.63) is 127 Å². The van der Waals surface area contributed by atoms with E-state index in [9.17, 15) is 0 Å². The zero-order valence-corrected chi connectivity index (χ0v) is 21.9. The number of nitrogens with zero attached hydrogens (tertiary/aromatic N) is 5. The van der Waals surface area contributed by atoms with Crippen LogP contribution in [0.15, 0.2) is 116 Å². The number of rotatable bonds is 1. The second-order valence-corrected chi connectivity index (χ2v) is 11.0. The number of fused-ring (bicyclic) bond motifs is 14. The van der Waals surface area contributed by atoms with Crippen LogP contribution >= 0.6 is 0 Å². The molecule has 1 aliphatic rings. The molecule has 4 aromatic carbocycles. The summed E-state index contributed by atoms with van der Waals surface area (Å²) < 4.78 is 4.56. The number of pyridine rings is 3. The monoisotopic (exact) mass is 523 g/mol. The summed E-state index contributed by atoms with van der Waals surface area (Å²) in [6.45, 7) is 0. The fourth-order valence-corrected chi connectivity index (χ4v) is 7.07. The number of aromatic nitrogens is 5. The van der Waals surface area contributed by atoms with Crippen molar-refractivity contribution in [2.45, 2.75) is 6.42 Å². The normalized spacial score (nSPS) is 12.8. The second kappa shape index (κ2) is 7.55. The van der Waals surface area contributed by atoms with Crippen LogP contribution in [0, 0.1) is 0 Å². The molecule has 0 aliphatic heterocycles. The lowest BCUT2D eigenvalue weighted by Crippen LogP contribution is -1.95. The van der Waals surface area contributed by atoms with Crippen LogP contribution in [0.3, 0.4) is 0 Å². The van der Waals surface area contributed by atoms with E-state index >= 15 is 0 Å². The van der Waals surface area contributed by atoms with E-state index in [1.54, 1.807) is 6.20 Å². The Hall–Kier alpha value is -5.55. The topological polar surface area (TPSA) is 48.0 Å². The van der Waals surface area contributed by atoms with Gasteiger partial charge in [0, 0.05) is 39.6 Å². The van der Waals surface area contributed by atoms with Crippen LogP contribution in [0.5, 0.6) is 0 Å². The average Bonchev–Trinajstić information content (AvgIpc) is 3.69. The Balaban J connectivity index is 1.31. The van der Waals surface area contributed by atoms with E-state index in [-0.39, 0.29) is 0 Å². The van der Waals surface area contributed by atoms with Crippen molar-refractivity contribution < 1.29 is 0 Å². The molecule has 0 unspecified atom stereocenters. The van der Waals surface area contributed by atoms with Gasteiger partial charge in [-0.05, 0) is 94.7 Å². The Labute approximate surface area is 234 Å². The maximum atomic E-state index is 5.06. The number of hydrogen-bond donors (Lipinski definition) is 0. The lowest BCUT2D eigenvalue weighted by molar-refractivity contribution is 1.18. The van der Waals surface area contributed by atoms with Gasteiger partial charge in [0.25, 0.3) is 0 Å². The van der Waals surface area contributed by atoms with Crippen LogP contribution in [-0.2, 0) is 6.42 Å². The zero-order chi connectivity index (χ0) is 26.7. The van der Waals surface area contributed by atoms with Gasteiger partial charge in [-0.1, -0.05) is 36.4 Å². The van der Waals surface area contributed by atoms with E-state index in [1.165, 1.54) is 55.1 Å². The second-order valence-electron chi connectivity index (χ2n) is 11.0. The molecule has 5 heterocycles. The number of para-hydroxylation sites is 2. The Bertz CT molecular complexity index is 2550. The van der Waals surface area contributed by atoms with E-state index < -0.39 is 0 Å². The van der Waals surface area contributed by atoms with Crippen LogP contribution in [0.4, 0.5) is 0 Å². The van der Waals surface area contributed by atoms with Crippen molar-refractivity contribution >= 4 is 60.3 Å². The molecule has 5 aromatic heterocycles. The number of imidazole rings is 1. The summed E-state index contributed by atoms with van der Waals surface area (Å²) in [6.07, 6.45) is 6.45. The van der Waals surface area contributed by atoms with E-state index in [0.717, 1.165) is 39.5 Å². The van der Waals surface area contributed by atoms with Gasteiger partial charge in [-0.3, -0.25) is 9.38 Å². The smallest absolute Gasteiger partial charge is 0.147 e. The summed E-state index contributed by atoms with van der Waals surface area (Å²) in [4.78, 5) is 14.3. The number of benzene rings is 4.